The van der Waals surface area contributed by atoms with Crippen molar-refractivity contribution in [3.8, 4) is 23.0 Å². The zero-order valence-corrected chi connectivity index (χ0v) is 19.9. The van der Waals surface area contributed by atoms with E-state index in [-0.39, 0.29) is 32.7 Å². The van der Waals surface area contributed by atoms with Gasteiger partial charge < -0.3 is 19.7 Å². The lowest BCUT2D eigenvalue weighted by molar-refractivity contribution is 0.0725. The van der Waals surface area contributed by atoms with E-state index in [1.165, 1.54) is 36.4 Å². The van der Waals surface area contributed by atoms with Crippen LogP contribution in [0.5, 0.6) is 23.0 Å². The molecule has 2 N–H and O–H groups in total. The number of carbonyl (C=O) groups is 2. The van der Waals surface area contributed by atoms with E-state index in [1.807, 2.05) is 24.3 Å². The molecular formula is C28H16Cl2O6. The van der Waals surface area contributed by atoms with Gasteiger partial charge in [0.25, 0.3) is 0 Å². The number of rotatable bonds is 4. The molecule has 36 heavy (non-hydrogen) atoms. The normalized spacial score (nSPS) is 10.9. The van der Waals surface area contributed by atoms with E-state index in [9.17, 15) is 19.8 Å². The molecule has 0 aliphatic rings. The van der Waals surface area contributed by atoms with Crippen molar-refractivity contribution in [1.29, 1.82) is 0 Å². The third kappa shape index (κ3) is 4.77. The molecule has 0 amide bonds. The van der Waals surface area contributed by atoms with Crippen LogP contribution in [0.15, 0.2) is 84.9 Å². The molecule has 0 fully saturated rings. The van der Waals surface area contributed by atoms with Gasteiger partial charge in [-0.05, 0) is 94.3 Å². The largest absolute Gasteiger partial charge is 0.506 e. The van der Waals surface area contributed by atoms with E-state index >= 15 is 0 Å². The number of benzene rings is 5. The van der Waals surface area contributed by atoms with Crippen LogP contribution in [0.2, 0.25) is 10.0 Å². The monoisotopic (exact) mass is 518 g/mol. The molecule has 6 nitrogen and oxygen atoms in total. The van der Waals surface area contributed by atoms with Crippen molar-refractivity contribution < 1.29 is 29.3 Å². The van der Waals surface area contributed by atoms with E-state index in [4.69, 9.17) is 32.7 Å². The average Bonchev–Trinajstić information content (AvgIpc) is 2.86. The molecule has 178 valence electrons. The first kappa shape index (κ1) is 23.5. The maximum atomic E-state index is 12.5. The second kappa shape index (κ2) is 9.41. The molecular weight excluding hydrogens is 503 g/mol. The molecule has 8 heteroatoms. The van der Waals surface area contributed by atoms with Gasteiger partial charge in [-0.15, -0.1) is 0 Å². The van der Waals surface area contributed by atoms with Crippen molar-refractivity contribution in [3.63, 3.8) is 0 Å². The van der Waals surface area contributed by atoms with Gasteiger partial charge in [0.15, 0.2) is 0 Å². The summed E-state index contributed by atoms with van der Waals surface area (Å²) in [6, 6.07) is 22.5. The van der Waals surface area contributed by atoms with E-state index in [0.717, 1.165) is 21.5 Å². The van der Waals surface area contributed by atoms with Gasteiger partial charge in [0.1, 0.15) is 23.0 Å². The topological polar surface area (TPSA) is 93.1 Å². The zero-order chi connectivity index (χ0) is 25.4. The number of ether oxygens (including phenoxy) is 2. The summed E-state index contributed by atoms with van der Waals surface area (Å²) in [6.07, 6.45) is 0. The Morgan fingerprint density at radius 3 is 1.33 bits per heavy atom. The summed E-state index contributed by atoms with van der Waals surface area (Å²) in [6.45, 7) is 0. The van der Waals surface area contributed by atoms with E-state index in [2.05, 4.69) is 0 Å². The summed E-state index contributed by atoms with van der Waals surface area (Å²) in [4.78, 5) is 24.9. The quantitative estimate of drug-likeness (QED) is 0.149. The number of esters is 2. The molecule has 0 spiro atoms. The highest BCUT2D eigenvalue weighted by molar-refractivity contribution is 6.32. The third-order valence-electron chi connectivity index (χ3n) is 5.53. The minimum Gasteiger partial charge on any atom is -0.506 e. The number of fused-ring (bicyclic) bond motifs is 2. The van der Waals surface area contributed by atoms with Gasteiger partial charge >= 0.3 is 11.9 Å². The van der Waals surface area contributed by atoms with Crippen LogP contribution in [0, 0.1) is 0 Å². The highest BCUT2D eigenvalue weighted by atomic mass is 35.5. The number of phenolic OH excluding ortho intramolecular Hbond substituents is 2. The number of hydrogen-bond donors (Lipinski definition) is 2. The van der Waals surface area contributed by atoms with Gasteiger partial charge in [0.2, 0.25) is 0 Å². The molecule has 0 saturated carbocycles. The lowest BCUT2D eigenvalue weighted by atomic mass is 10.0. The maximum absolute atomic E-state index is 12.5. The minimum absolute atomic E-state index is 0.0614. The summed E-state index contributed by atoms with van der Waals surface area (Å²) in [7, 11) is 0. The molecule has 0 atom stereocenters. The van der Waals surface area contributed by atoms with Crippen molar-refractivity contribution in [2.24, 2.45) is 0 Å². The molecule has 0 saturated heterocycles. The predicted octanol–water partition coefficient (Wildman–Crippen LogP) is 7.15. The van der Waals surface area contributed by atoms with Crippen molar-refractivity contribution in [2.45, 2.75) is 0 Å². The summed E-state index contributed by atoms with van der Waals surface area (Å²) < 4.78 is 10.9. The molecule has 0 aliphatic heterocycles. The smallest absolute Gasteiger partial charge is 0.343 e. The predicted molar refractivity (Wildman–Crippen MR) is 138 cm³/mol. The van der Waals surface area contributed by atoms with Gasteiger partial charge in [-0.3, -0.25) is 0 Å². The van der Waals surface area contributed by atoms with Crippen LogP contribution in [-0.2, 0) is 0 Å². The van der Waals surface area contributed by atoms with Gasteiger partial charge in [0.05, 0.1) is 21.2 Å². The first-order valence-electron chi connectivity index (χ1n) is 10.7. The summed E-state index contributed by atoms with van der Waals surface area (Å²) in [5.74, 6) is -0.720. The van der Waals surface area contributed by atoms with Gasteiger partial charge in [0, 0.05) is 0 Å². The number of hydrogen-bond acceptors (Lipinski definition) is 6. The van der Waals surface area contributed by atoms with E-state index in [0.29, 0.717) is 11.5 Å². The van der Waals surface area contributed by atoms with E-state index < -0.39 is 11.9 Å². The van der Waals surface area contributed by atoms with Crippen molar-refractivity contribution in [2.75, 3.05) is 0 Å². The van der Waals surface area contributed by atoms with Crippen LogP contribution in [0.4, 0.5) is 0 Å². The molecule has 5 aromatic carbocycles. The maximum Gasteiger partial charge on any atom is 0.343 e. The van der Waals surface area contributed by atoms with Gasteiger partial charge in [-0.25, -0.2) is 9.59 Å². The molecule has 0 aliphatic carbocycles. The Morgan fingerprint density at radius 1 is 0.528 bits per heavy atom. The lowest BCUT2D eigenvalue weighted by Crippen LogP contribution is -2.08. The molecule has 0 radical (unpaired) electrons. The number of aromatic hydroxyl groups is 2. The molecule has 5 rings (SSSR count). The Kier molecular flexibility index (Phi) is 6.14. The van der Waals surface area contributed by atoms with Crippen molar-refractivity contribution in [3.05, 3.63) is 106 Å². The molecule has 0 aromatic heterocycles. The van der Waals surface area contributed by atoms with Crippen LogP contribution < -0.4 is 9.47 Å². The number of halogens is 2. The molecule has 5 aromatic rings. The summed E-state index contributed by atoms with van der Waals surface area (Å²) in [5.41, 5.74) is 0.432. The fourth-order valence-electron chi connectivity index (χ4n) is 3.68. The Morgan fingerprint density at radius 2 is 0.944 bits per heavy atom. The van der Waals surface area contributed by atoms with Gasteiger partial charge in [-0.1, -0.05) is 35.3 Å². The number of carbonyl (C=O) groups excluding carboxylic acids is 2. The average molecular weight is 519 g/mol. The first-order chi connectivity index (χ1) is 17.3. The fourth-order valence-corrected chi connectivity index (χ4v) is 4.04. The fraction of sp³-hybridized carbons (Fsp3) is 0. The zero-order valence-electron chi connectivity index (χ0n) is 18.4. The van der Waals surface area contributed by atoms with Gasteiger partial charge in [-0.2, -0.15) is 0 Å². The Labute approximate surface area is 214 Å². The first-order valence-corrected chi connectivity index (χ1v) is 11.4. The highest BCUT2D eigenvalue weighted by Gasteiger charge is 2.13. The van der Waals surface area contributed by atoms with Crippen molar-refractivity contribution >= 4 is 56.7 Å². The third-order valence-corrected chi connectivity index (χ3v) is 6.13. The second-order valence-corrected chi connectivity index (χ2v) is 8.80. The SMILES string of the molecule is O=C(Oc1ccc2cc3cc(OC(=O)c4ccc(O)c(Cl)c4)ccc3cc2c1)c1ccc(O)c(Cl)c1. The minimum atomic E-state index is -0.599. The summed E-state index contributed by atoms with van der Waals surface area (Å²) >= 11 is 11.8. The number of phenols is 2. The molecule has 0 heterocycles. The van der Waals surface area contributed by atoms with E-state index in [1.54, 1.807) is 24.3 Å². The summed E-state index contributed by atoms with van der Waals surface area (Å²) in [5, 5.41) is 22.7. The molecule has 0 bridgehead atoms. The second-order valence-electron chi connectivity index (χ2n) is 7.98. The Bertz CT molecular complexity index is 1550. The van der Waals surface area contributed by atoms with Crippen LogP contribution in [0.3, 0.4) is 0 Å². The highest BCUT2D eigenvalue weighted by Crippen LogP contribution is 2.30. The van der Waals surface area contributed by atoms with Crippen molar-refractivity contribution in [1.82, 2.24) is 0 Å². The lowest BCUT2D eigenvalue weighted by Gasteiger charge is -2.09. The molecule has 0 unspecified atom stereocenters. The van der Waals surface area contributed by atoms with Crippen LogP contribution in [0.1, 0.15) is 20.7 Å². The Hall–Kier alpha value is -4.26. The van der Waals surface area contributed by atoms with Crippen LogP contribution >= 0.6 is 23.2 Å². The van der Waals surface area contributed by atoms with Crippen LogP contribution in [-0.4, -0.2) is 22.2 Å². The van der Waals surface area contributed by atoms with Crippen LogP contribution in [0.25, 0.3) is 21.5 Å². The standard InChI is InChI=1S/C28H16Cl2O6/c29-23-13-17(3-7-25(23)31)27(33)35-21-5-1-15-9-20-12-22(6-2-16(20)10-19(15)11-21)36-28(34)18-4-8-26(32)24(30)14-18/h1-14,31-32H. The Balaban J connectivity index is 1.38.